The van der Waals surface area contributed by atoms with E-state index in [0.717, 1.165) is 18.4 Å². The molecule has 3 nitrogen and oxygen atoms in total. The number of carboxylic acid groups (broad SMARTS) is 1. The second kappa shape index (κ2) is 5.61. The van der Waals surface area contributed by atoms with Crippen LogP contribution in [0.5, 0.6) is 5.75 Å². The summed E-state index contributed by atoms with van der Waals surface area (Å²) in [5.41, 5.74) is 1.01. The van der Waals surface area contributed by atoms with E-state index in [0.29, 0.717) is 16.7 Å². The van der Waals surface area contributed by atoms with Crippen molar-refractivity contribution in [1.82, 2.24) is 0 Å². The van der Waals surface area contributed by atoms with E-state index in [1.165, 1.54) is 6.42 Å². The summed E-state index contributed by atoms with van der Waals surface area (Å²) in [6.45, 7) is 0. The van der Waals surface area contributed by atoms with E-state index < -0.39 is 5.97 Å². The van der Waals surface area contributed by atoms with E-state index >= 15 is 0 Å². The Kier molecular flexibility index (Phi) is 4.12. The molecule has 1 atom stereocenters. The number of benzene rings is 1. The zero-order valence-electron chi connectivity index (χ0n) is 10.4. The van der Waals surface area contributed by atoms with Crippen molar-refractivity contribution in [2.45, 2.75) is 31.6 Å². The topological polar surface area (TPSA) is 46.5 Å². The molecule has 1 aliphatic carbocycles. The molecule has 1 aromatic rings. The molecule has 1 aromatic carbocycles. The second-order valence-corrected chi connectivity index (χ2v) is 5.20. The van der Waals surface area contributed by atoms with Crippen LogP contribution in [0.3, 0.4) is 0 Å². The Morgan fingerprint density at radius 2 is 2.28 bits per heavy atom. The fourth-order valence-electron chi connectivity index (χ4n) is 2.50. The minimum atomic E-state index is -0.751. The van der Waals surface area contributed by atoms with Gasteiger partial charge in [-0.1, -0.05) is 24.1 Å². The molecule has 0 radical (unpaired) electrons. The van der Waals surface area contributed by atoms with E-state index in [1.54, 1.807) is 7.11 Å². The molecule has 1 aliphatic rings. The molecule has 0 saturated heterocycles. The lowest BCUT2D eigenvalue weighted by Gasteiger charge is -2.33. The number of carbonyl (C=O) groups is 1. The van der Waals surface area contributed by atoms with Crippen molar-refractivity contribution < 1.29 is 14.6 Å². The van der Waals surface area contributed by atoms with Crippen molar-refractivity contribution in [3.05, 3.63) is 28.8 Å². The van der Waals surface area contributed by atoms with Gasteiger partial charge in [0.2, 0.25) is 0 Å². The number of methoxy groups -OCH3 is 1. The Balaban J connectivity index is 2.23. The molecule has 18 heavy (non-hydrogen) atoms. The predicted octanol–water partition coefficient (Wildman–Crippen LogP) is 3.71. The maximum absolute atomic E-state index is 11.0. The van der Waals surface area contributed by atoms with Gasteiger partial charge in [-0.15, -0.1) is 0 Å². The lowest BCUT2D eigenvalue weighted by molar-refractivity contribution is -0.138. The molecule has 98 valence electrons. The molecule has 1 unspecified atom stereocenters. The molecule has 0 aromatic heterocycles. The maximum Gasteiger partial charge on any atom is 0.303 e. The summed E-state index contributed by atoms with van der Waals surface area (Å²) in [6.07, 6.45) is 3.60. The molecular weight excluding hydrogens is 252 g/mol. The first kappa shape index (κ1) is 13.2. The van der Waals surface area contributed by atoms with Crippen LogP contribution in [0, 0.1) is 5.92 Å². The van der Waals surface area contributed by atoms with Crippen molar-refractivity contribution >= 4 is 17.6 Å². The van der Waals surface area contributed by atoms with Gasteiger partial charge in [-0.2, -0.15) is 0 Å². The van der Waals surface area contributed by atoms with E-state index in [9.17, 15) is 4.79 Å². The van der Waals surface area contributed by atoms with Crippen molar-refractivity contribution in [3.63, 3.8) is 0 Å². The summed E-state index contributed by atoms with van der Waals surface area (Å²) in [7, 11) is 1.57. The third kappa shape index (κ3) is 2.78. The van der Waals surface area contributed by atoms with Gasteiger partial charge in [0.15, 0.2) is 0 Å². The summed E-state index contributed by atoms with van der Waals surface area (Å²) in [6, 6.07) is 5.58. The summed E-state index contributed by atoms with van der Waals surface area (Å²) in [5.74, 6) is 0.423. The Labute approximate surface area is 112 Å². The molecule has 1 fully saturated rings. The van der Waals surface area contributed by atoms with E-state index in [-0.39, 0.29) is 12.3 Å². The van der Waals surface area contributed by atoms with Crippen molar-refractivity contribution in [2.75, 3.05) is 7.11 Å². The molecule has 0 amide bonds. The monoisotopic (exact) mass is 268 g/mol. The lowest BCUT2D eigenvalue weighted by atomic mass is 9.72. The molecule has 1 saturated carbocycles. The SMILES string of the molecule is COc1ccc(C(CC(=O)O)C2CCC2)cc1Cl. The van der Waals surface area contributed by atoms with Gasteiger partial charge < -0.3 is 9.84 Å². The van der Waals surface area contributed by atoms with Gasteiger partial charge in [-0.3, -0.25) is 4.79 Å². The van der Waals surface area contributed by atoms with E-state index in [2.05, 4.69) is 0 Å². The zero-order chi connectivity index (χ0) is 13.1. The van der Waals surface area contributed by atoms with Crippen LogP contribution in [-0.4, -0.2) is 18.2 Å². The van der Waals surface area contributed by atoms with Gasteiger partial charge in [0, 0.05) is 0 Å². The van der Waals surface area contributed by atoms with E-state index in [1.807, 2.05) is 18.2 Å². The highest BCUT2D eigenvalue weighted by molar-refractivity contribution is 6.32. The average Bonchev–Trinajstić information content (AvgIpc) is 2.25. The molecule has 4 heteroatoms. The molecule has 1 N–H and O–H groups in total. The number of aliphatic carboxylic acids is 1. The normalized spacial score (nSPS) is 17.0. The minimum absolute atomic E-state index is 0.0691. The average molecular weight is 269 g/mol. The van der Waals surface area contributed by atoms with Crippen LogP contribution < -0.4 is 4.74 Å². The standard InChI is InChI=1S/C14H17ClO3/c1-18-13-6-5-10(7-12(13)15)11(8-14(16)17)9-3-2-4-9/h5-7,9,11H,2-4,8H2,1H3,(H,16,17). The summed E-state index contributed by atoms with van der Waals surface area (Å²) < 4.78 is 5.11. The summed E-state index contributed by atoms with van der Waals surface area (Å²) in [5, 5.41) is 9.57. The quantitative estimate of drug-likeness (QED) is 0.886. The van der Waals surface area contributed by atoms with E-state index in [4.69, 9.17) is 21.4 Å². The Morgan fingerprint density at radius 1 is 1.56 bits per heavy atom. The van der Waals surface area contributed by atoms with Crippen LogP contribution in [0.15, 0.2) is 18.2 Å². The molecule has 2 rings (SSSR count). The maximum atomic E-state index is 11.0. The van der Waals surface area contributed by atoms with Crippen LogP contribution in [0.4, 0.5) is 0 Å². The van der Waals surface area contributed by atoms with Gasteiger partial charge in [0.05, 0.1) is 18.6 Å². The molecule has 0 heterocycles. The van der Waals surface area contributed by atoms with Crippen LogP contribution in [0.2, 0.25) is 5.02 Å². The van der Waals surface area contributed by atoms with Gasteiger partial charge >= 0.3 is 5.97 Å². The summed E-state index contributed by atoms with van der Waals surface area (Å²) >= 11 is 6.10. The Hall–Kier alpha value is -1.22. The lowest BCUT2D eigenvalue weighted by Crippen LogP contribution is -2.22. The van der Waals surface area contributed by atoms with Gasteiger partial charge in [-0.25, -0.2) is 0 Å². The number of ether oxygens (including phenoxy) is 1. The third-order valence-corrected chi connectivity index (χ3v) is 4.01. The molecule has 0 aliphatic heterocycles. The Morgan fingerprint density at radius 3 is 2.72 bits per heavy atom. The van der Waals surface area contributed by atoms with Crippen molar-refractivity contribution in [3.8, 4) is 5.75 Å². The van der Waals surface area contributed by atoms with Crippen LogP contribution in [0.25, 0.3) is 0 Å². The van der Waals surface area contributed by atoms with Crippen molar-refractivity contribution in [1.29, 1.82) is 0 Å². The van der Waals surface area contributed by atoms with Crippen molar-refractivity contribution in [2.24, 2.45) is 5.92 Å². The van der Waals surface area contributed by atoms with Gasteiger partial charge in [0.1, 0.15) is 5.75 Å². The molecular formula is C14H17ClO3. The molecule has 0 bridgehead atoms. The Bertz CT molecular complexity index is 441. The zero-order valence-corrected chi connectivity index (χ0v) is 11.1. The van der Waals surface area contributed by atoms with Crippen LogP contribution in [-0.2, 0) is 4.79 Å². The number of halogens is 1. The smallest absolute Gasteiger partial charge is 0.303 e. The predicted molar refractivity (Wildman–Crippen MR) is 70.3 cm³/mol. The van der Waals surface area contributed by atoms with Crippen LogP contribution in [0.1, 0.15) is 37.2 Å². The minimum Gasteiger partial charge on any atom is -0.495 e. The highest BCUT2D eigenvalue weighted by Gasteiger charge is 2.30. The highest BCUT2D eigenvalue weighted by atomic mass is 35.5. The first-order valence-corrected chi connectivity index (χ1v) is 6.55. The third-order valence-electron chi connectivity index (χ3n) is 3.72. The van der Waals surface area contributed by atoms with Gasteiger partial charge in [0.25, 0.3) is 0 Å². The number of hydrogen-bond donors (Lipinski definition) is 1. The fourth-order valence-corrected chi connectivity index (χ4v) is 2.77. The summed E-state index contributed by atoms with van der Waals surface area (Å²) in [4.78, 5) is 11.0. The first-order valence-electron chi connectivity index (χ1n) is 6.17. The van der Waals surface area contributed by atoms with Crippen LogP contribution >= 0.6 is 11.6 Å². The second-order valence-electron chi connectivity index (χ2n) is 4.79. The largest absolute Gasteiger partial charge is 0.495 e. The first-order chi connectivity index (χ1) is 8.61. The number of hydrogen-bond acceptors (Lipinski definition) is 2. The molecule has 0 spiro atoms. The number of carboxylic acids is 1. The fraction of sp³-hybridized carbons (Fsp3) is 0.500. The highest BCUT2D eigenvalue weighted by Crippen LogP contribution is 2.42. The number of rotatable bonds is 5. The van der Waals surface area contributed by atoms with Gasteiger partial charge in [-0.05, 0) is 42.4 Å².